The van der Waals surface area contributed by atoms with E-state index in [1.165, 1.54) is 19.2 Å². The molecule has 162 valence electrons. The normalized spacial score (nSPS) is 15.6. The molecule has 8 nitrogen and oxygen atoms in total. The van der Waals surface area contributed by atoms with Crippen LogP contribution in [0.4, 0.5) is 9.18 Å². The van der Waals surface area contributed by atoms with E-state index in [1.807, 2.05) is 0 Å². The largest absolute Gasteiger partial charge is 0.497 e. The van der Waals surface area contributed by atoms with Gasteiger partial charge in [-0.05, 0) is 24.6 Å². The van der Waals surface area contributed by atoms with E-state index in [1.54, 1.807) is 37.3 Å². The van der Waals surface area contributed by atoms with Gasteiger partial charge in [-0.2, -0.15) is 0 Å². The molecule has 0 saturated heterocycles. The molecule has 0 unspecified atom stereocenters. The van der Waals surface area contributed by atoms with Gasteiger partial charge in [-0.15, -0.1) is 0 Å². The van der Waals surface area contributed by atoms with Crippen molar-refractivity contribution in [3.63, 3.8) is 0 Å². The lowest BCUT2D eigenvalue weighted by molar-refractivity contribution is -0.139. The zero-order valence-corrected chi connectivity index (χ0v) is 16.9. The second kappa shape index (κ2) is 9.75. The fraction of sp³-hybridized carbons (Fsp3) is 0.227. The molecule has 1 aliphatic heterocycles. The minimum atomic E-state index is -0.958. The van der Waals surface area contributed by atoms with Gasteiger partial charge < -0.3 is 24.8 Å². The number of urea groups is 1. The number of amides is 2. The van der Waals surface area contributed by atoms with Crippen molar-refractivity contribution in [1.82, 2.24) is 10.6 Å². The van der Waals surface area contributed by atoms with Crippen LogP contribution in [0.1, 0.15) is 28.9 Å². The standard InChI is InChI=1S/C22H21FN2O6/c1-3-30-21(27)18-17(24-22(28)25-19(18)13-7-5-4-6-8-13)12-31-20(26)15-10-9-14(29-2)11-16(15)23/h4-11,19H,3,12H2,1-2H3,(H2,24,25,28)/t19-/m1/s1. The third kappa shape index (κ3) is 5.00. The molecule has 0 aromatic heterocycles. The summed E-state index contributed by atoms with van der Waals surface area (Å²) in [5, 5.41) is 5.15. The van der Waals surface area contributed by atoms with Gasteiger partial charge in [0.05, 0.1) is 36.6 Å². The molecule has 0 saturated carbocycles. The van der Waals surface area contributed by atoms with Crippen molar-refractivity contribution >= 4 is 18.0 Å². The number of esters is 2. The smallest absolute Gasteiger partial charge is 0.341 e. The number of hydrogen-bond donors (Lipinski definition) is 2. The zero-order valence-electron chi connectivity index (χ0n) is 16.9. The van der Waals surface area contributed by atoms with Gasteiger partial charge in [-0.3, -0.25) is 0 Å². The van der Waals surface area contributed by atoms with Crippen LogP contribution in [0.3, 0.4) is 0 Å². The first kappa shape index (κ1) is 21.8. The number of hydrogen-bond acceptors (Lipinski definition) is 6. The van der Waals surface area contributed by atoms with Crippen LogP contribution in [-0.4, -0.2) is 38.3 Å². The summed E-state index contributed by atoms with van der Waals surface area (Å²) in [5.41, 5.74) is 0.485. The molecule has 2 aromatic carbocycles. The number of halogens is 1. The molecule has 9 heteroatoms. The van der Waals surface area contributed by atoms with Crippen LogP contribution in [0.25, 0.3) is 0 Å². The molecule has 0 aliphatic carbocycles. The van der Waals surface area contributed by atoms with E-state index in [9.17, 15) is 18.8 Å². The predicted octanol–water partition coefficient (Wildman–Crippen LogP) is 2.86. The van der Waals surface area contributed by atoms with Crippen molar-refractivity contribution in [3.05, 3.63) is 76.7 Å². The van der Waals surface area contributed by atoms with Crippen molar-refractivity contribution < 1.29 is 33.0 Å². The highest BCUT2D eigenvalue weighted by Crippen LogP contribution is 2.28. The Bertz CT molecular complexity index is 1020. The molecule has 0 spiro atoms. The maximum absolute atomic E-state index is 14.2. The van der Waals surface area contributed by atoms with Gasteiger partial charge in [0.2, 0.25) is 0 Å². The summed E-state index contributed by atoms with van der Waals surface area (Å²) >= 11 is 0. The first-order valence-corrected chi connectivity index (χ1v) is 9.47. The molecule has 2 aromatic rings. The minimum Gasteiger partial charge on any atom is -0.497 e. The lowest BCUT2D eigenvalue weighted by atomic mass is 9.95. The molecule has 0 bridgehead atoms. The summed E-state index contributed by atoms with van der Waals surface area (Å²) in [5.74, 6) is -2.21. The van der Waals surface area contributed by atoms with Crippen LogP contribution in [0, 0.1) is 5.82 Å². The molecule has 0 radical (unpaired) electrons. The molecule has 2 amide bonds. The van der Waals surface area contributed by atoms with Crippen LogP contribution < -0.4 is 15.4 Å². The van der Waals surface area contributed by atoms with E-state index in [2.05, 4.69) is 10.6 Å². The molecular formula is C22H21FN2O6. The van der Waals surface area contributed by atoms with Crippen molar-refractivity contribution in [2.75, 3.05) is 20.3 Å². The highest BCUT2D eigenvalue weighted by atomic mass is 19.1. The topological polar surface area (TPSA) is 103 Å². The van der Waals surface area contributed by atoms with Gasteiger partial charge in [0.1, 0.15) is 18.2 Å². The van der Waals surface area contributed by atoms with Crippen LogP contribution in [0.2, 0.25) is 0 Å². The Morgan fingerprint density at radius 1 is 1.06 bits per heavy atom. The Morgan fingerprint density at radius 3 is 2.45 bits per heavy atom. The number of ether oxygens (including phenoxy) is 3. The molecule has 1 atom stereocenters. The molecule has 0 fully saturated rings. The Kier molecular flexibility index (Phi) is 6.86. The van der Waals surface area contributed by atoms with Gasteiger partial charge >= 0.3 is 18.0 Å². The number of methoxy groups -OCH3 is 1. The van der Waals surface area contributed by atoms with E-state index in [0.29, 0.717) is 5.56 Å². The third-order valence-corrected chi connectivity index (χ3v) is 4.53. The number of nitrogens with one attached hydrogen (secondary N) is 2. The quantitative estimate of drug-likeness (QED) is 0.658. The van der Waals surface area contributed by atoms with Crippen molar-refractivity contribution in [2.24, 2.45) is 0 Å². The Morgan fingerprint density at radius 2 is 1.81 bits per heavy atom. The summed E-state index contributed by atoms with van der Waals surface area (Å²) in [6.07, 6.45) is 0. The lowest BCUT2D eigenvalue weighted by Crippen LogP contribution is -2.47. The number of benzene rings is 2. The van der Waals surface area contributed by atoms with Crippen molar-refractivity contribution in [3.8, 4) is 5.75 Å². The average molecular weight is 428 g/mol. The summed E-state index contributed by atoms with van der Waals surface area (Å²) < 4.78 is 29.4. The van der Waals surface area contributed by atoms with Gasteiger partial charge in [0, 0.05) is 6.07 Å². The minimum absolute atomic E-state index is 0.0540. The van der Waals surface area contributed by atoms with Crippen molar-refractivity contribution in [2.45, 2.75) is 13.0 Å². The lowest BCUT2D eigenvalue weighted by Gasteiger charge is -2.29. The Labute approximate surface area is 178 Å². The monoisotopic (exact) mass is 428 g/mol. The molecule has 31 heavy (non-hydrogen) atoms. The number of carbonyl (C=O) groups excluding carboxylic acids is 3. The maximum atomic E-state index is 14.2. The summed E-state index contributed by atoms with van der Waals surface area (Å²) in [6, 6.07) is 11.1. The zero-order chi connectivity index (χ0) is 22.4. The van der Waals surface area contributed by atoms with E-state index in [-0.39, 0.29) is 29.2 Å². The molecule has 2 N–H and O–H groups in total. The van der Waals surface area contributed by atoms with Gasteiger partial charge in [0.25, 0.3) is 0 Å². The van der Waals surface area contributed by atoms with Crippen LogP contribution in [0.15, 0.2) is 59.8 Å². The second-order valence-electron chi connectivity index (χ2n) is 6.48. The fourth-order valence-corrected chi connectivity index (χ4v) is 3.08. The Balaban J connectivity index is 1.90. The van der Waals surface area contributed by atoms with Crippen LogP contribution >= 0.6 is 0 Å². The van der Waals surface area contributed by atoms with E-state index in [4.69, 9.17) is 14.2 Å². The van der Waals surface area contributed by atoms with E-state index >= 15 is 0 Å². The third-order valence-electron chi connectivity index (χ3n) is 4.53. The first-order chi connectivity index (χ1) is 14.9. The first-order valence-electron chi connectivity index (χ1n) is 9.47. The SMILES string of the molecule is CCOC(=O)C1=C(COC(=O)c2ccc(OC)cc2F)NC(=O)N[C@@H]1c1ccccc1. The van der Waals surface area contributed by atoms with Gasteiger partial charge in [-0.25, -0.2) is 18.8 Å². The summed E-state index contributed by atoms with van der Waals surface area (Å²) in [6.45, 7) is 1.30. The number of rotatable bonds is 7. The molecule has 1 aliphatic rings. The average Bonchev–Trinajstić information content (AvgIpc) is 2.77. The predicted molar refractivity (Wildman–Crippen MR) is 108 cm³/mol. The van der Waals surface area contributed by atoms with Crippen LogP contribution in [0.5, 0.6) is 5.75 Å². The van der Waals surface area contributed by atoms with Gasteiger partial charge in [0.15, 0.2) is 0 Å². The molecular weight excluding hydrogens is 407 g/mol. The molecule has 3 rings (SSSR count). The maximum Gasteiger partial charge on any atom is 0.341 e. The van der Waals surface area contributed by atoms with Crippen molar-refractivity contribution in [1.29, 1.82) is 0 Å². The van der Waals surface area contributed by atoms with E-state index < -0.39 is 36.4 Å². The van der Waals surface area contributed by atoms with E-state index in [0.717, 1.165) is 6.07 Å². The number of carbonyl (C=O) groups is 3. The van der Waals surface area contributed by atoms with Crippen LogP contribution in [-0.2, 0) is 14.3 Å². The summed E-state index contributed by atoms with van der Waals surface area (Å²) in [7, 11) is 1.37. The molecule has 1 heterocycles. The highest BCUT2D eigenvalue weighted by molar-refractivity contribution is 5.95. The fourth-order valence-electron chi connectivity index (χ4n) is 3.08. The Hall–Kier alpha value is -3.88. The van der Waals surface area contributed by atoms with Gasteiger partial charge in [-0.1, -0.05) is 30.3 Å². The second-order valence-corrected chi connectivity index (χ2v) is 6.48. The summed E-state index contributed by atoms with van der Waals surface area (Å²) in [4.78, 5) is 37.2. The highest BCUT2D eigenvalue weighted by Gasteiger charge is 2.34.